The van der Waals surface area contributed by atoms with Crippen molar-refractivity contribution in [1.82, 2.24) is 0 Å². The predicted octanol–water partition coefficient (Wildman–Crippen LogP) is 4.69. The molecule has 2 heteroatoms. The van der Waals surface area contributed by atoms with Gasteiger partial charge in [-0.3, -0.25) is 4.79 Å². The van der Waals surface area contributed by atoms with Crippen molar-refractivity contribution < 1.29 is 9.53 Å². The minimum atomic E-state index is -0.0293. The van der Waals surface area contributed by atoms with Crippen LogP contribution >= 0.6 is 0 Å². The van der Waals surface area contributed by atoms with Gasteiger partial charge in [0.05, 0.1) is 6.61 Å². The van der Waals surface area contributed by atoms with Crippen LogP contribution in [0.15, 0.2) is 30.3 Å². The zero-order chi connectivity index (χ0) is 14.2. The third-order valence-corrected chi connectivity index (χ3v) is 4.34. The molecule has 1 aromatic rings. The van der Waals surface area contributed by atoms with E-state index in [4.69, 9.17) is 4.74 Å². The fraction of sp³-hybridized carbons (Fsp3) is 0.611. The van der Waals surface area contributed by atoms with Gasteiger partial charge in [-0.25, -0.2) is 0 Å². The van der Waals surface area contributed by atoms with Crippen LogP contribution < -0.4 is 0 Å². The van der Waals surface area contributed by atoms with Gasteiger partial charge in [0.1, 0.15) is 0 Å². The highest BCUT2D eigenvalue weighted by molar-refractivity contribution is 5.69. The third kappa shape index (κ3) is 4.99. The van der Waals surface area contributed by atoms with Crippen molar-refractivity contribution in [3.05, 3.63) is 35.9 Å². The molecule has 0 spiro atoms. The average Bonchev–Trinajstić information content (AvgIpc) is 2.52. The molecule has 0 saturated heterocycles. The standard InChI is InChI=1S/C18H26O2/c1-15(17-10-6-3-7-11-17)14-20-18(19)13-12-16-8-4-2-5-9-16/h3,6-7,10-11,15-16H,2,4-5,8-9,12-14H2,1H3/t15-/m1/s1. The van der Waals surface area contributed by atoms with Gasteiger partial charge in [-0.2, -0.15) is 0 Å². The zero-order valence-corrected chi connectivity index (χ0v) is 12.5. The summed E-state index contributed by atoms with van der Waals surface area (Å²) < 4.78 is 5.41. The molecule has 20 heavy (non-hydrogen) atoms. The Kier molecular flexibility index (Phi) is 6.10. The lowest BCUT2D eigenvalue weighted by molar-refractivity contribution is -0.144. The van der Waals surface area contributed by atoms with Crippen LogP contribution in [0.2, 0.25) is 0 Å². The normalized spacial score (nSPS) is 17.6. The SMILES string of the molecule is C[C@H](COC(=O)CCC1CCCCC1)c1ccccc1. The van der Waals surface area contributed by atoms with E-state index in [1.165, 1.54) is 37.7 Å². The van der Waals surface area contributed by atoms with Crippen LogP contribution in [0, 0.1) is 5.92 Å². The van der Waals surface area contributed by atoms with E-state index in [1.807, 2.05) is 18.2 Å². The number of carbonyl (C=O) groups is 1. The molecule has 110 valence electrons. The maximum absolute atomic E-state index is 11.8. The van der Waals surface area contributed by atoms with Crippen molar-refractivity contribution in [2.75, 3.05) is 6.61 Å². The summed E-state index contributed by atoms with van der Waals surface area (Å²) in [5.74, 6) is 0.996. The number of hydrogen-bond donors (Lipinski definition) is 0. The lowest BCUT2D eigenvalue weighted by Crippen LogP contribution is -2.13. The lowest BCUT2D eigenvalue weighted by atomic mass is 9.86. The fourth-order valence-corrected chi connectivity index (χ4v) is 2.97. The average molecular weight is 274 g/mol. The Morgan fingerprint density at radius 1 is 1.20 bits per heavy atom. The topological polar surface area (TPSA) is 26.3 Å². The molecule has 0 aliphatic heterocycles. The number of hydrogen-bond acceptors (Lipinski definition) is 2. The first kappa shape index (κ1) is 15.1. The number of carbonyl (C=O) groups excluding carboxylic acids is 1. The molecule has 0 unspecified atom stereocenters. The highest BCUT2D eigenvalue weighted by Crippen LogP contribution is 2.27. The quantitative estimate of drug-likeness (QED) is 0.703. The van der Waals surface area contributed by atoms with Crippen LogP contribution in [0.1, 0.15) is 63.4 Å². The van der Waals surface area contributed by atoms with Crippen molar-refractivity contribution in [2.24, 2.45) is 5.92 Å². The number of ether oxygens (including phenoxy) is 1. The molecular weight excluding hydrogens is 248 g/mol. The summed E-state index contributed by atoms with van der Waals surface area (Å²) in [5, 5.41) is 0. The van der Waals surface area contributed by atoms with E-state index in [2.05, 4.69) is 19.1 Å². The fourth-order valence-electron chi connectivity index (χ4n) is 2.97. The summed E-state index contributed by atoms with van der Waals surface area (Å²) in [5.41, 5.74) is 1.23. The van der Waals surface area contributed by atoms with Crippen LogP contribution in [-0.2, 0) is 9.53 Å². The minimum absolute atomic E-state index is 0.0293. The van der Waals surface area contributed by atoms with E-state index >= 15 is 0 Å². The van der Waals surface area contributed by atoms with E-state index in [1.54, 1.807) is 0 Å². The molecule has 0 radical (unpaired) electrons. The highest BCUT2D eigenvalue weighted by Gasteiger charge is 2.16. The second kappa shape index (κ2) is 8.08. The Hall–Kier alpha value is -1.31. The Bertz CT molecular complexity index is 393. The monoisotopic (exact) mass is 274 g/mol. The molecular formula is C18H26O2. The van der Waals surface area contributed by atoms with Gasteiger partial charge >= 0.3 is 5.97 Å². The lowest BCUT2D eigenvalue weighted by Gasteiger charge is -2.21. The molecule has 1 atom stereocenters. The van der Waals surface area contributed by atoms with Gasteiger partial charge in [0.2, 0.25) is 0 Å². The Balaban J connectivity index is 1.64. The van der Waals surface area contributed by atoms with Crippen LogP contribution in [-0.4, -0.2) is 12.6 Å². The second-order valence-corrected chi connectivity index (χ2v) is 6.04. The van der Waals surface area contributed by atoms with E-state index in [0.29, 0.717) is 13.0 Å². The van der Waals surface area contributed by atoms with Gasteiger partial charge in [0, 0.05) is 12.3 Å². The molecule has 0 bridgehead atoms. The second-order valence-electron chi connectivity index (χ2n) is 6.04. The zero-order valence-electron chi connectivity index (χ0n) is 12.5. The van der Waals surface area contributed by atoms with Crippen molar-refractivity contribution in [2.45, 2.75) is 57.8 Å². The van der Waals surface area contributed by atoms with E-state index in [9.17, 15) is 4.79 Å². The van der Waals surface area contributed by atoms with E-state index in [0.717, 1.165) is 12.3 Å². The van der Waals surface area contributed by atoms with E-state index in [-0.39, 0.29) is 11.9 Å². The van der Waals surface area contributed by atoms with Gasteiger partial charge in [0.25, 0.3) is 0 Å². The smallest absolute Gasteiger partial charge is 0.305 e. The molecule has 1 aliphatic rings. The third-order valence-electron chi connectivity index (χ3n) is 4.34. The van der Waals surface area contributed by atoms with Crippen molar-refractivity contribution in [3.63, 3.8) is 0 Å². The maximum Gasteiger partial charge on any atom is 0.305 e. The molecule has 1 saturated carbocycles. The van der Waals surface area contributed by atoms with Gasteiger partial charge in [-0.15, -0.1) is 0 Å². The molecule has 2 nitrogen and oxygen atoms in total. The Labute approximate surface area is 122 Å². The molecule has 0 N–H and O–H groups in total. The molecule has 1 aromatic carbocycles. The summed E-state index contributed by atoms with van der Waals surface area (Å²) in [4.78, 5) is 11.8. The minimum Gasteiger partial charge on any atom is -0.465 e. The molecule has 1 aliphatic carbocycles. The largest absolute Gasteiger partial charge is 0.465 e. The summed E-state index contributed by atoms with van der Waals surface area (Å²) in [6.07, 6.45) is 8.25. The summed E-state index contributed by atoms with van der Waals surface area (Å²) >= 11 is 0. The molecule has 0 heterocycles. The maximum atomic E-state index is 11.8. The molecule has 0 aromatic heterocycles. The van der Waals surface area contributed by atoms with Crippen LogP contribution in [0.5, 0.6) is 0 Å². The molecule has 2 rings (SSSR count). The first-order valence-electron chi connectivity index (χ1n) is 7.96. The summed E-state index contributed by atoms with van der Waals surface area (Å²) in [6.45, 7) is 2.59. The number of esters is 1. The number of rotatable bonds is 6. The van der Waals surface area contributed by atoms with Gasteiger partial charge < -0.3 is 4.74 Å². The van der Waals surface area contributed by atoms with Crippen molar-refractivity contribution in [3.8, 4) is 0 Å². The summed E-state index contributed by atoms with van der Waals surface area (Å²) in [6, 6.07) is 10.2. The van der Waals surface area contributed by atoms with Crippen molar-refractivity contribution in [1.29, 1.82) is 0 Å². The van der Waals surface area contributed by atoms with Crippen LogP contribution in [0.3, 0.4) is 0 Å². The first-order chi connectivity index (χ1) is 9.75. The van der Waals surface area contributed by atoms with Crippen LogP contribution in [0.25, 0.3) is 0 Å². The molecule has 0 amide bonds. The Morgan fingerprint density at radius 3 is 2.60 bits per heavy atom. The van der Waals surface area contributed by atoms with Gasteiger partial charge in [-0.1, -0.05) is 69.4 Å². The van der Waals surface area contributed by atoms with Gasteiger partial charge in [-0.05, 0) is 17.9 Å². The van der Waals surface area contributed by atoms with E-state index < -0.39 is 0 Å². The number of benzene rings is 1. The predicted molar refractivity (Wildman–Crippen MR) is 81.6 cm³/mol. The van der Waals surface area contributed by atoms with Crippen molar-refractivity contribution >= 4 is 5.97 Å². The van der Waals surface area contributed by atoms with Crippen LogP contribution in [0.4, 0.5) is 0 Å². The first-order valence-corrected chi connectivity index (χ1v) is 7.96. The highest BCUT2D eigenvalue weighted by atomic mass is 16.5. The van der Waals surface area contributed by atoms with Gasteiger partial charge in [0.15, 0.2) is 0 Å². The summed E-state index contributed by atoms with van der Waals surface area (Å²) in [7, 11) is 0. The Morgan fingerprint density at radius 2 is 1.90 bits per heavy atom. The molecule has 1 fully saturated rings.